The molecule has 1 aliphatic rings. The summed E-state index contributed by atoms with van der Waals surface area (Å²) in [6, 6.07) is 26.5. The average Bonchev–Trinajstić information content (AvgIpc) is 3.38. The van der Waals surface area contributed by atoms with Gasteiger partial charge < -0.3 is 28.4 Å². The van der Waals surface area contributed by atoms with Gasteiger partial charge >= 0.3 is 5.97 Å². The smallest absolute Gasteiger partial charge is 0.303 e. The van der Waals surface area contributed by atoms with Crippen molar-refractivity contribution in [1.29, 1.82) is 0 Å². The number of methoxy groups -OCH3 is 3. The molecule has 1 saturated heterocycles. The fourth-order valence-electron chi connectivity index (χ4n) is 5.56. The van der Waals surface area contributed by atoms with E-state index < -0.39 is 36.1 Å². The Morgan fingerprint density at radius 1 is 0.864 bits per heavy atom. The number of aromatic nitrogens is 2. The van der Waals surface area contributed by atoms with Crippen molar-refractivity contribution in [3.8, 4) is 11.5 Å². The quantitative estimate of drug-likeness (QED) is 0.144. The topological polar surface area (TPSA) is 110 Å². The second-order valence-corrected chi connectivity index (χ2v) is 10.6. The van der Waals surface area contributed by atoms with E-state index in [1.807, 2.05) is 78.9 Å². The Hall–Kier alpha value is -4.29. The number of carbonyl (C=O) groups excluding carboxylic acids is 1. The second kappa shape index (κ2) is 13.6. The number of rotatable bonds is 11. The van der Waals surface area contributed by atoms with Crippen molar-refractivity contribution >= 4 is 18.2 Å². The molecule has 1 fully saturated rings. The zero-order chi connectivity index (χ0) is 31.3. The van der Waals surface area contributed by atoms with Gasteiger partial charge in [0.2, 0.25) is 0 Å². The SMILES string of the molecule is COc1ccc(C(OC[C@H]2O[C@@H](n3ccc(=O)[nH]c3=S)[C@H](OC)[C@@H]2OC(C)=O)(c2ccccc2)c2ccc(OC)cc2)cc1. The fourth-order valence-corrected chi connectivity index (χ4v) is 5.83. The van der Waals surface area contributed by atoms with Crippen LogP contribution < -0.4 is 15.0 Å². The first-order valence-corrected chi connectivity index (χ1v) is 14.4. The highest BCUT2D eigenvalue weighted by Gasteiger charge is 2.50. The van der Waals surface area contributed by atoms with Gasteiger partial charge in [-0.1, -0.05) is 54.6 Å². The fraction of sp³-hybridized carbons (Fsp3) is 0.303. The summed E-state index contributed by atoms with van der Waals surface area (Å²) in [7, 11) is 4.73. The van der Waals surface area contributed by atoms with Gasteiger partial charge in [-0.2, -0.15) is 0 Å². The van der Waals surface area contributed by atoms with Crippen LogP contribution in [0.5, 0.6) is 11.5 Å². The molecule has 2 heterocycles. The predicted molar refractivity (Wildman–Crippen MR) is 164 cm³/mol. The Kier molecular flexibility index (Phi) is 9.60. The highest BCUT2D eigenvalue weighted by atomic mass is 32.1. The molecule has 3 aromatic carbocycles. The van der Waals surface area contributed by atoms with Crippen molar-refractivity contribution in [2.24, 2.45) is 0 Å². The van der Waals surface area contributed by atoms with Crippen molar-refractivity contribution in [1.82, 2.24) is 9.55 Å². The zero-order valence-corrected chi connectivity index (χ0v) is 25.6. The standard InChI is InChI=1S/C33H34N2O8S/c1-21(36)42-29-27(43-31(30(29)40-4)35-19-18-28(37)34-32(35)44)20-41-33(22-8-6-5-7-9-22,23-10-14-25(38-2)15-11-23)24-12-16-26(39-3)17-13-24/h5-19,27,29-31H,20H2,1-4H3,(H,34,37,44)/t27-,29-,30-,31-/m1/s1. The molecule has 0 radical (unpaired) electrons. The molecule has 0 amide bonds. The first kappa shape index (κ1) is 31.1. The number of ether oxygens (including phenoxy) is 6. The van der Waals surface area contributed by atoms with Crippen LogP contribution in [-0.2, 0) is 29.3 Å². The Morgan fingerprint density at radius 2 is 1.43 bits per heavy atom. The molecule has 0 unspecified atom stereocenters. The van der Waals surface area contributed by atoms with Crippen molar-refractivity contribution < 1.29 is 33.2 Å². The second-order valence-electron chi connectivity index (χ2n) is 10.2. The summed E-state index contributed by atoms with van der Waals surface area (Å²) >= 11 is 5.41. The molecule has 0 bridgehead atoms. The van der Waals surface area contributed by atoms with E-state index in [0.29, 0.717) is 11.5 Å². The largest absolute Gasteiger partial charge is 0.497 e. The molecular weight excluding hydrogens is 584 g/mol. The number of esters is 1. The van der Waals surface area contributed by atoms with Gasteiger partial charge in [-0.05, 0) is 53.2 Å². The summed E-state index contributed by atoms with van der Waals surface area (Å²) in [5.74, 6) is 0.891. The molecule has 44 heavy (non-hydrogen) atoms. The Morgan fingerprint density at radius 3 is 1.93 bits per heavy atom. The van der Waals surface area contributed by atoms with E-state index >= 15 is 0 Å². The molecule has 4 atom stereocenters. The van der Waals surface area contributed by atoms with Crippen LogP contribution in [0.25, 0.3) is 0 Å². The Bertz CT molecular complexity index is 1620. The number of hydrogen-bond acceptors (Lipinski definition) is 9. The van der Waals surface area contributed by atoms with E-state index in [0.717, 1.165) is 16.7 Å². The summed E-state index contributed by atoms with van der Waals surface area (Å²) < 4.78 is 37.6. The van der Waals surface area contributed by atoms with Crippen LogP contribution in [0.15, 0.2) is 95.9 Å². The number of nitrogens with zero attached hydrogens (tertiary/aromatic N) is 1. The molecule has 230 valence electrons. The first-order valence-electron chi connectivity index (χ1n) is 14.0. The van der Waals surface area contributed by atoms with Crippen molar-refractivity contribution in [2.45, 2.75) is 37.1 Å². The molecule has 1 aromatic heterocycles. The number of carbonyl (C=O) groups is 1. The van der Waals surface area contributed by atoms with E-state index in [1.165, 1.54) is 26.3 Å². The van der Waals surface area contributed by atoms with Gasteiger partial charge in [-0.25, -0.2) is 0 Å². The number of hydrogen-bond donors (Lipinski definition) is 1. The highest BCUT2D eigenvalue weighted by Crippen LogP contribution is 2.43. The molecule has 0 spiro atoms. The predicted octanol–water partition coefficient (Wildman–Crippen LogP) is 4.78. The third kappa shape index (κ3) is 6.18. The molecular formula is C33H34N2O8S. The summed E-state index contributed by atoms with van der Waals surface area (Å²) in [6.07, 6.45) is -1.66. The van der Waals surface area contributed by atoms with E-state index in [4.69, 9.17) is 40.6 Å². The van der Waals surface area contributed by atoms with E-state index in [9.17, 15) is 9.59 Å². The molecule has 11 heteroatoms. The van der Waals surface area contributed by atoms with Crippen LogP contribution in [0.3, 0.4) is 0 Å². The summed E-state index contributed by atoms with van der Waals surface area (Å²) in [5.41, 5.74) is 1.05. The summed E-state index contributed by atoms with van der Waals surface area (Å²) in [4.78, 5) is 26.7. The molecule has 10 nitrogen and oxygen atoms in total. The zero-order valence-electron chi connectivity index (χ0n) is 24.8. The van der Waals surface area contributed by atoms with Gasteiger partial charge in [0.15, 0.2) is 17.1 Å². The molecule has 5 rings (SSSR count). The van der Waals surface area contributed by atoms with E-state index in [-0.39, 0.29) is 16.9 Å². The van der Waals surface area contributed by atoms with Gasteiger partial charge in [0.1, 0.15) is 29.3 Å². The maximum Gasteiger partial charge on any atom is 0.303 e. The van der Waals surface area contributed by atoms with Crippen LogP contribution in [0, 0.1) is 4.77 Å². The number of H-pyrrole nitrogens is 1. The molecule has 4 aromatic rings. The van der Waals surface area contributed by atoms with Gasteiger partial charge in [0.25, 0.3) is 5.56 Å². The lowest BCUT2D eigenvalue weighted by atomic mass is 9.80. The van der Waals surface area contributed by atoms with E-state index in [1.54, 1.807) is 18.8 Å². The maximum atomic E-state index is 12.3. The first-order chi connectivity index (χ1) is 21.3. The van der Waals surface area contributed by atoms with E-state index in [2.05, 4.69) is 4.98 Å². The minimum absolute atomic E-state index is 0.0159. The van der Waals surface area contributed by atoms with Crippen LogP contribution in [0.1, 0.15) is 29.8 Å². The van der Waals surface area contributed by atoms with Crippen molar-refractivity contribution in [2.75, 3.05) is 27.9 Å². The van der Waals surface area contributed by atoms with Gasteiger partial charge in [0.05, 0.1) is 20.8 Å². The van der Waals surface area contributed by atoms with Gasteiger partial charge in [-0.15, -0.1) is 0 Å². The third-order valence-corrected chi connectivity index (χ3v) is 7.94. The van der Waals surface area contributed by atoms with Gasteiger partial charge in [0, 0.05) is 26.3 Å². The third-order valence-electron chi connectivity index (χ3n) is 7.62. The average molecular weight is 619 g/mol. The molecule has 1 N–H and O–H groups in total. The molecule has 1 aliphatic heterocycles. The lowest BCUT2D eigenvalue weighted by Crippen LogP contribution is -2.42. The lowest BCUT2D eigenvalue weighted by Gasteiger charge is -2.37. The number of nitrogens with one attached hydrogen (secondary N) is 1. The Labute approximate surface area is 260 Å². The summed E-state index contributed by atoms with van der Waals surface area (Å²) in [6.45, 7) is 1.31. The van der Waals surface area contributed by atoms with Crippen LogP contribution in [0.2, 0.25) is 0 Å². The number of benzene rings is 3. The van der Waals surface area contributed by atoms with Crippen molar-refractivity contribution in [3.05, 3.63) is 123 Å². The van der Waals surface area contributed by atoms with Crippen LogP contribution in [-0.4, -0.2) is 61.8 Å². The van der Waals surface area contributed by atoms with Crippen LogP contribution in [0.4, 0.5) is 0 Å². The monoisotopic (exact) mass is 618 g/mol. The number of aromatic amines is 1. The minimum atomic E-state index is -1.13. The lowest BCUT2D eigenvalue weighted by molar-refractivity contribution is -0.157. The van der Waals surface area contributed by atoms with Crippen molar-refractivity contribution in [3.63, 3.8) is 0 Å². The highest BCUT2D eigenvalue weighted by molar-refractivity contribution is 7.71. The normalized spacial score (nSPS) is 19.8. The Balaban J connectivity index is 1.61. The minimum Gasteiger partial charge on any atom is -0.497 e. The van der Waals surface area contributed by atoms with Gasteiger partial charge in [-0.3, -0.25) is 19.1 Å². The molecule has 0 saturated carbocycles. The summed E-state index contributed by atoms with van der Waals surface area (Å²) in [5, 5.41) is 0. The molecule has 0 aliphatic carbocycles. The maximum absolute atomic E-state index is 12.3. The van der Waals surface area contributed by atoms with Crippen LogP contribution >= 0.6 is 12.2 Å².